The van der Waals surface area contributed by atoms with Crippen LogP contribution in [0.15, 0.2) is 24.3 Å². The molecule has 31 heavy (non-hydrogen) atoms. The summed E-state index contributed by atoms with van der Waals surface area (Å²) in [6, 6.07) is 7.84. The van der Waals surface area contributed by atoms with Crippen LogP contribution in [0.5, 0.6) is 0 Å². The number of aryl methyl sites for hydroxylation is 1. The van der Waals surface area contributed by atoms with Crippen LogP contribution in [0.25, 0.3) is 0 Å². The van der Waals surface area contributed by atoms with Crippen molar-refractivity contribution in [2.24, 2.45) is 0 Å². The number of thioether (sulfide) groups is 1. The Morgan fingerprint density at radius 2 is 1.55 bits per heavy atom. The first-order valence-electron chi connectivity index (χ1n) is 10.9. The van der Waals surface area contributed by atoms with Gasteiger partial charge in [-0.3, -0.25) is 19.3 Å². The molecule has 3 amide bonds. The van der Waals surface area contributed by atoms with E-state index in [1.807, 2.05) is 29.2 Å². The highest BCUT2D eigenvalue weighted by Gasteiger charge is 2.23. The molecule has 2 heterocycles. The maximum Gasteiger partial charge on any atom is 0.238 e. The van der Waals surface area contributed by atoms with Crippen LogP contribution in [-0.4, -0.2) is 103 Å². The normalized spacial score (nSPS) is 17.5. The van der Waals surface area contributed by atoms with Crippen LogP contribution in [0.3, 0.4) is 0 Å². The maximum absolute atomic E-state index is 12.5. The molecule has 0 atom stereocenters. The van der Waals surface area contributed by atoms with Crippen LogP contribution in [0.2, 0.25) is 0 Å². The third kappa shape index (κ3) is 7.22. The number of nitrogens with zero attached hydrogens (tertiary/aromatic N) is 3. The second kappa shape index (κ2) is 12.1. The van der Waals surface area contributed by atoms with Gasteiger partial charge in [-0.25, -0.2) is 0 Å². The highest BCUT2D eigenvalue weighted by Crippen LogP contribution is 2.15. The van der Waals surface area contributed by atoms with Crippen molar-refractivity contribution in [3.63, 3.8) is 0 Å². The van der Waals surface area contributed by atoms with E-state index in [2.05, 4.69) is 17.1 Å². The van der Waals surface area contributed by atoms with Crippen molar-refractivity contribution in [3.05, 3.63) is 29.8 Å². The fourth-order valence-corrected chi connectivity index (χ4v) is 4.54. The first-order chi connectivity index (χ1) is 15.1. The number of amides is 3. The molecule has 1 N–H and O–H groups in total. The lowest BCUT2D eigenvalue weighted by molar-refractivity contribution is -0.132. The Bertz CT molecular complexity index is 762. The molecule has 0 aromatic heterocycles. The summed E-state index contributed by atoms with van der Waals surface area (Å²) in [6.45, 7) is 7.38. The van der Waals surface area contributed by atoms with Crippen LogP contribution < -0.4 is 5.32 Å². The van der Waals surface area contributed by atoms with E-state index >= 15 is 0 Å². The molecule has 0 bridgehead atoms. The lowest BCUT2D eigenvalue weighted by Gasteiger charge is -2.34. The number of carbonyl (C=O) groups excluding carboxylic acids is 3. The van der Waals surface area contributed by atoms with Gasteiger partial charge in [-0.1, -0.05) is 25.1 Å². The predicted molar refractivity (Wildman–Crippen MR) is 122 cm³/mol. The monoisotopic (exact) mass is 448 g/mol. The van der Waals surface area contributed by atoms with Gasteiger partial charge in [0, 0.05) is 45.0 Å². The first kappa shape index (κ1) is 23.6. The maximum atomic E-state index is 12.5. The molecule has 0 radical (unpaired) electrons. The van der Waals surface area contributed by atoms with Crippen LogP contribution in [0, 0.1) is 0 Å². The third-order valence-electron chi connectivity index (χ3n) is 5.58. The van der Waals surface area contributed by atoms with Gasteiger partial charge in [-0.2, -0.15) is 0 Å². The molecule has 0 spiro atoms. The molecule has 0 aliphatic carbocycles. The molecule has 1 aromatic carbocycles. The van der Waals surface area contributed by atoms with Crippen molar-refractivity contribution in [2.45, 2.75) is 13.3 Å². The Balaban J connectivity index is 1.33. The molecule has 2 saturated heterocycles. The van der Waals surface area contributed by atoms with Crippen molar-refractivity contribution in [1.82, 2.24) is 14.7 Å². The Morgan fingerprint density at radius 1 is 0.935 bits per heavy atom. The molecule has 8 nitrogen and oxygen atoms in total. The Labute approximate surface area is 188 Å². The Kier molecular flexibility index (Phi) is 9.17. The van der Waals surface area contributed by atoms with Gasteiger partial charge in [0.1, 0.15) is 0 Å². The summed E-state index contributed by atoms with van der Waals surface area (Å²) in [4.78, 5) is 42.7. The van der Waals surface area contributed by atoms with Gasteiger partial charge in [0.05, 0.1) is 31.3 Å². The Hall–Kier alpha value is -2.10. The van der Waals surface area contributed by atoms with Crippen molar-refractivity contribution in [3.8, 4) is 0 Å². The van der Waals surface area contributed by atoms with E-state index in [1.54, 1.807) is 4.90 Å². The molecule has 0 saturated carbocycles. The molecule has 0 unspecified atom stereocenters. The topological polar surface area (TPSA) is 82.2 Å². The number of nitrogens with one attached hydrogen (secondary N) is 1. The first-order valence-corrected chi connectivity index (χ1v) is 12.0. The van der Waals surface area contributed by atoms with E-state index in [4.69, 9.17) is 4.74 Å². The van der Waals surface area contributed by atoms with Gasteiger partial charge in [0.25, 0.3) is 0 Å². The molecule has 2 fully saturated rings. The number of anilines is 1. The number of piperazine rings is 1. The van der Waals surface area contributed by atoms with E-state index in [-0.39, 0.29) is 17.7 Å². The van der Waals surface area contributed by atoms with Crippen molar-refractivity contribution in [1.29, 1.82) is 0 Å². The minimum absolute atomic E-state index is 0.0298. The van der Waals surface area contributed by atoms with Crippen molar-refractivity contribution < 1.29 is 19.1 Å². The largest absolute Gasteiger partial charge is 0.378 e. The number of hydrogen-bond acceptors (Lipinski definition) is 6. The van der Waals surface area contributed by atoms with Crippen LogP contribution in [0.4, 0.5) is 5.69 Å². The van der Waals surface area contributed by atoms with E-state index in [0.717, 1.165) is 17.7 Å². The average Bonchev–Trinajstić information content (AvgIpc) is 2.80. The van der Waals surface area contributed by atoms with E-state index < -0.39 is 0 Å². The summed E-state index contributed by atoms with van der Waals surface area (Å²) < 4.78 is 5.25. The SMILES string of the molecule is CCc1ccccc1NC(=O)CN1CCN(C(=O)CSCC(=O)N2CCOCC2)CC1. The number of morpholine rings is 1. The lowest BCUT2D eigenvalue weighted by atomic mass is 10.1. The smallest absolute Gasteiger partial charge is 0.238 e. The van der Waals surface area contributed by atoms with Gasteiger partial charge >= 0.3 is 0 Å². The molecular weight excluding hydrogens is 416 g/mol. The molecule has 2 aliphatic rings. The lowest BCUT2D eigenvalue weighted by Crippen LogP contribution is -2.51. The Morgan fingerprint density at radius 3 is 2.19 bits per heavy atom. The average molecular weight is 449 g/mol. The standard InChI is InChI=1S/C22H32N4O4S/c1-2-18-5-3-4-6-19(18)23-20(27)15-24-7-9-25(10-8-24)21(28)16-31-17-22(29)26-11-13-30-14-12-26/h3-6H,2,7-17H2,1H3,(H,23,27). The van der Waals surface area contributed by atoms with Crippen LogP contribution in [0.1, 0.15) is 12.5 Å². The quantitative estimate of drug-likeness (QED) is 0.637. The van der Waals surface area contributed by atoms with Crippen molar-refractivity contribution in [2.75, 3.05) is 75.8 Å². The third-order valence-corrected chi connectivity index (χ3v) is 6.48. The second-order valence-corrected chi connectivity index (χ2v) is 8.69. The summed E-state index contributed by atoms with van der Waals surface area (Å²) >= 11 is 1.37. The number of carbonyl (C=O) groups is 3. The van der Waals surface area contributed by atoms with Gasteiger partial charge < -0.3 is 19.9 Å². The summed E-state index contributed by atoms with van der Waals surface area (Å²) in [6.07, 6.45) is 0.868. The predicted octanol–water partition coefficient (Wildman–Crippen LogP) is 0.924. The number of benzene rings is 1. The highest BCUT2D eigenvalue weighted by molar-refractivity contribution is 8.00. The fraction of sp³-hybridized carbons (Fsp3) is 0.591. The molecule has 9 heteroatoms. The van der Waals surface area contributed by atoms with Gasteiger partial charge in [-0.05, 0) is 18.1 Å². The minimum Gasteiger partial charge on any atom is -0.378 e. The van der Waals surface area contributed by atoms with E-state index in [9.17, 15) is 14.4 Å². The van der Waals surface area contributed by atoms with Crippen LogP contribution >= 0.6 is 11.8 Å². The summed E-state index contributed by atoms with van der Waals surface area (Å²) in [5, 5.41) is 3.00. The second-order valence-electron chi connectivity index (χ2n) is 7.70. The van der Waals surface area contributed by atoms with Gasteiger partial charge in [0.2, 0.25) is 17.7 Å². The summed E-state index contributed by atoms with van der Waals surface area (Å²) in [5.41, 5.74) is 1.99. The summed E-state index contributed by atoms with van der Waals surface area (Å²) in [5.74, 6) is 0.732. The molecule has 2 aliphatic heterocycles. The van der Waals surface area contributed by atoms with Gasteiger partial charge in [0.15, 0.2) is 0 Å². The number of para-hydroxylation sites is 1. The molecule has 3 rings (SSSR count). The zero-order chi connectivity index (χ0) is 22.1. The van der Waals surface area contributed by atoms with E-state index in [0.29, 0.717) is 70.5 Å². The molecule has 1 aromatic rings. The van der Waals surface area contributed by atoms with Crippen LogP contribution in [-0.2, 0) is 25.5 Å². The highest BCUT2D eigenvalue weighted by atomic mass is 32.2. The number of ether oxygens (including phenoxy) is 1. The number of hydrogen-bond donors (Lipinski definition) is 1. The van der Waals surface area contributed by atoms with E-state index in [1.165, 1.54) is 11.8 Å². The summed E-state index contributed by atoms with van der Waals surface area (Å²) in [7, 11) is 0. The zero-order valence-electron chi connectivity index (χ0n) is 18.2. The molecule has 170 valence electrons. The fourth-order valence-electron chi connectivity index (χ4n) is 3.72. The number of rotatable bonds is 8. The minimum atomic E-state index is -0.0298. The molecular formula is C22H32N4O4S. The van der Waals surface area contributed by atoms with Gasteiger partial charge in [-0.15, -0.1) is 11.8 Å². The zero-order valence-corrected chi connectivity index (χ0v) is 19.0. The van der Waals surface area contributed by atoms with Crippen molar-refractivity contribution >= 4 is 35.2 Å².